The van der Waals surface area contributed by atoms with E-state index in [1.54, 1.807) is 0 Å². The third kappa shape index (κ3) is 4.29. The highest BCUT2D eigenvalue weighted by atomic mass is 32.2. The second-order valence-electron chi connectivity index (χ2n) is 8.12. The van der Waals surface area contributed by atoms with Crippen LogP contribution in [0.15, 0.2) is 46.3 Å². The van der Waals surface area contributed by atoms with Crippen LogP contribution in [0.1, 0.15) is 30.9 Å². The Kier molecular flexibility index (Phi) is 6.33. The quantitative estimate of drug-likeness (QED) is 0.573. The molecule has 0 spiro atoms. The van der Waals surface area contributed by atoms with Crippen molar-refractivity contribution in [2.24, 2.45) is 10.9 Å². The SMILES string of the molecule is CCn1c(=NC(=O)C2CCN(S(=O)(=O)c3ccc(F)cc3)CC2)sc2cc(C)c(C)cc21. The van der Waals surface area contributed by atoms with Crippen molar-refractivity contribution in [2.75, 3.05) is 13.1 Å². The van der Waals surface area contributed by atoms with Crippen LogP contribution in [-0.4, -0.2) is 36.3 Å². The molecule has 0 bridgehead atoms. The second-order valence-corrected chi connectivity index (χ2v) is 11.1. The summed E-state index contributed by atoms with van der Waals surface area (Å²) in [5.74, 6) is -0.995. The number of carbonyl (C=O) groups is 1. The Hall–Kier alpha value is -2.36. The van der Waals surface area contributed by atoms with Gasteiger partial charge in [0.1, 0.15) is 5.82 Å². The molecule has 1 aliphatic rings. The van der Waals surface area contributed by atoms with Gasteiger partial charge >= 0.3 is 0 Å². The third-order valence-corrected chi connectivity index (χ3v) is 9.03. The summed E-state index contributed by atoms with van der Waals surface area (Å²) in [6.45, 7) is 7.36. The van der Waals surface area contributed by atoms with Gasteiger partial charge in [-0.05, 0) is 81.1 Å². The Morgan fingerprint density at radius 2 is 1.75 bits per heavy atom. The summed E-state index contributed by atoms with van der Waals surface area (Å²) in [6, 6.07) is 9.08. The van der Waals surface area contributed by atoms with Gasteiger partial charge in [-0.15, -0.1) is 0 Å². The number of rotatable bonds is 4. The standard InChI is InChI=1S/C23H26FN3O3S2/c1-4-27-20-13-15(2)16(3)14-21(20)31-23(27)25-22(28)17-9-11-26(12-10-17)32(29,30)19-7-5-18(24)6-8-19/h5-8,13-14,17H,4,9-12H2,1-3H3. The third-order valence-electron chi connectivity index (χ3n) is 6.07. The van der Waals surface area contributed by atoms with Crippen molar-refractivity contribution in [1.82, 2.24) is 8.87 Å². The lowest BCUT2D eigenvalue weighted by Gasteiger charge is -2.29. The van der Waals surface area contributed by atoms with Crippen molar-refractivity contribution < 1.29 is 17.6 Å². The number of hydrogen-bond donors (Lipinski definition) is 0. The molecule has 9 heteroatoms. The molecule has 32 heavy (non-hydrogen) atoms. The number of thiazole rings is 1. The van der Waals surface area contributed by atoms with Gasteiger partial charge in [0.25, 0.3) is 5.91 Å². The average Bonchev–Trinajstić information content (AvgIpc) is 3.10. The molecule has 1 amide bonds. The summed E-state index contributed by atoms with van der Waals surface area (Å²) in [7, 11) is -3.70. The Morgan fingerprint density at radius 1 is 1.12 bits per heavy atom. The number of aromatic nitrogens is 1. The number of halogens is 1. The van der Waals surface area contributed by atoms with Crippen LogP contribution >= 0.6 is 11.3 Å². The minimum absolute atomic E-state index is 0.0632. The molecular weight excluding hydrogens is 449 g/mol. The van der Waals surface area contributed by atoms with Crippen LogP contribution in [0.3, 0.4) is 0 Å². The molecule has 0 radical (unpaired) electrons. The van der Waals surface area contributed by atoms with E-state index in [1.165, 1.54) is 38.9 Å². The smallest absolute Gasteiger partial charge is 0.251 e. The fraction of sp³-hybridized carbons (Fsp3) is 0.391. The predicted molar refractivity (Wildman–Crippen MR) is 123 cm³/mol. The summed E-state index contributed by atoms with van der Waals surface area (Å²) in [6.07, 6.45) is 0.829. The number of amides is 1. The van der Waals surface area contributed by atoms with Crippen LogP contribution < -0.4 is 4.80 Å². The molecule has 0 atom stereocenters. The molecule has 1 saturated heterocycles. The van der Waals surface area contributed by atoms with Crippen LogP contribution in [-0.2, 0) is 21.4 Å². The summed E-state index contributed by atoms with van der Waals surface area (Å²) in [5.41, 5.74) is 3.48. The van der Waals surface area contributed by atoms with Gasteiger partial charge in [-0.3, -0.25) is 4.79 Å². The number of benzene rings is 2. The number of nitrogens with zero attached hydrogens (tertiary/aromatic N) is 3. The van der Waals surface area contributed by atoms with Crippen LogP contribution in [0.25, 0.3) is 10.2 Å². The zero-order chi connectivity index (χ0) is 23.0. The highest BCUT2D eigenvalue weighted by Crippen LogP contribution is 2.26. The van der Waals surface area contributed by atoms with E-state index in [2.05, 4.69) is 35.5 Å². The van der Waals surface area contributed by atoms with E-state index in [9.17, 15) is 17.6 Å². The highest BCUT2D eigenvalue weighted by Gasteiger charge is 2.32. The van der Waals surface area contributed by atoms with Crippen LogP contribution in [0, 0.1) is 25.6 Å². The molecule has 1 aromatic heterocycles. The molecular formula is C23H26FN3O3S2. The lowest BCUT2D eigenvalue weighted by atomic mass is 9.98. The van der Waals surface area contributed by atoms with Crippen LogP contribution in [0.5, 0.6) is 0 Å². The van der Waals surface area contributed by atoms with Crippen LogP contribution in [0.2, 0.25) is 0 Å². The molecule has 0 N–H and O–H groups in total. The number of carbonyl (C=O) groups excluding carboxylic acids is 1. The molecule has 6 nitrogen and oxygen atoms in total. The number of piperidine rings is 1. The van der Waals surface area contributed by atoms with E-state index in [0.29, 0.717) is 24.2 Å². The first-order valence-electron chi connectivity index (χ1n) is 10.7. The summed E-state index contributed by atoms with van der Waals surface area (Å²) < 4.78 is 43.3. The monoisotopic (exact) mass is 475 g/mol. The van der Waals surface area contributed by atoms with Crippen molar-refractivity contribution >= 4 is 37.5 Å². The van der Waals surface area contributed by atoms with E-state index in [-0.39, 0.29) is 29.8 Å². The summed E-state index contributed by atoms with van der Waals surface area (Å²) in [4.78, 5) is 18.1. The Balaban J connectivity index is 1.53. The van der Waals surface area contributed by atoms with E-state index >= 15 is 0 Å². The zero-order valence-electron chi connectivity index (χ0n) is 18.3. The molecule has 3 aromatic rings. The normalized spacial score (nSPS) is 16.7. The van der Waals surface area contributed by atoms with Gasteiger partial charge in [0, 0.05) is 25.6 Å². The molecule has 4 rings (SSSR count). The maximum atomic E-state index is 13.1. The van der Waals surface area contributed by atoms with Gasteiger partial charge in [0.15, 0.2) is 4.80 Å². The Morgan fingerprint density at radius 3 is 2.38 bits per heavy atom. The van der Waals surface area contributed by atoms with Crippen molar-refractivity contribution in [3.05, 3.63) is 58.1 Å². The molecule has 1 aliphatic heterocycles. The molecule has 0 aliphatic carbocycles. The molecule has 2 aromatic carbocycles. The average molecular weight is 476 g/mol. The predicted octanol–water partition coefficient (Wildman–Crippen LogP) is 4.01. The van der Waals surface area contributed by atoms with Crippen LogP contribution in [0.4, 0.5) is 4.39 Å². The first-order chi connectivity index (χ1) is 15.2. The van der Waals surface area contributed by atoms with Gasteiger partial charge in [0.2, 0.25) is 10.0 Å². The lowest BCUT2D eigenvalue weighted by molar-refractivity contribution is -0.122. The van der Waals surface area contributed by atoms with Gasteiger partial charge in [-0.2, -0.15) is 9.30 Å². The number of fused-ring (bicyclic) bond motifs is 1. The molecule has 0 unspecified atom stereocenters. The molecule has 2 heterocycles. The first-order valence-corrected chi connectivity index (χ1v) is 12.9. The largest absolute Gasteiger partial charge is 0.317 e. The minimum Gasteiger partial charge on any atom is -0.317 e. The van der Waals surface area contributed by atoms with E-state index in [1.807, 2.05) is 6.92 Å². The molecule has 0 saturated carbocycles. The Labute approximate surface area is 191 Å². The van der Waals surface area contributed by atoms with Crippen molar-refractivity contribution in [3.8, 4) is 0 Å². The second kappa shape index (κ2) is 8.88. The maximum Gasteiger partial charge on any atom is 0.251 e. The summed E-state index contributed by atoms with van der Waals surface area (Å²) in [5, 5.41) is 0. The van der Waals surface area contributed by atoms with Gasteiger partial charge in [-0.1, -0.05) is 11.3 Å². The fourth-order valence-corrected chi connectivity index (χ4v) is 6.65. The van der Waals surface area contributed by atoms with Crippen molar-refractivity contribution in [1.29, 1.82) is 0 Å². The highest BCUT2D eigenvalue weighted by molar-refractivity contribution is 7.89. The van der Waals surface area contributed by atoms with Crippen molar-refractivity contribution in [2.45, 2.75) is 45.1 Å². The van der Waals surface area contributed by atoms with E-state index < -0.39 is 15.8 Å². The number of sulfonamides is 1. The number of hydrogen-bond acceptors (Lipinski definition) is 4. The van der Waals surface area contributed by atoms with Gasteiger partial charge < -0.3 is 4.57 Å². The minimum atomic E-state index is -3.70. The fourth-order valence-electron chi connectivity index (χ4n) is 4.00. The Bertz CT molecular complexity index is 1330. The van der Waals surface area contributed by atoms with E-state index in [4.69, 9.17) is 0 Å². The maximum absolute atomic E-state index is 13.1. The summed E-state index contributed by atoms with van der Waals surface area (Å²) >= 11 is 1.51. The topological polar surface area (TPSA) is 71.7 Å². The lowest BCUT2D eigenvalue weighted by Crippen LogP contribution is -2.40. The van der Waals surface area contributed by atoms with E-state index in [0.717, 1.165) is 22.3 Å². The van der Waals surface area contributed by atoms with Gasteiger partial charge in [0.05, 0.1) is 15.1 Å². The van der Waals surface area contributed by atoms with Gasteiger partial charge in [-0.25, -0.2) is 12.8 Å². The van der Waals surface area contributed by atoms with Crippen molar-refractivity contribution in [3.63, 3.8) is 0 Å². The zero-order valence-corrected chi connectivity index (χ0v) is 20.0. The number of aryl methyl sites for hydroxylation is 3. The molecule has 170 valence electrons. The first kappa shape index (κ1) is 22.8. The molecule has 1 fully saturated rings.